The number of hydrogen-bond acceptors (Lipinski definition) is 3. The molecular weight excluding hydrogens is 274 g/mol. The lowest BCUT2D eigenvalue weighted by molar-refractivity contribution is -0.115. The monoisotopic (exact) mass is 287 g/mol. The molecule has 0 aliphatic carbocycles. The average Bonchev–Trinajstić information content (AvgIpc) is 2.29. The van der Waals surface area contributed by atoms with Crippen LogP contribution in [-0.4, -0.2) is 25.0 Å². The van der Waals surface area contributed by atoms with E-state index in [1.54, 1.807) is 39.3 Å². The van der Waals surface area contributed by atoms with E-state index in [2.05, 4.69) is 21.2 Å². The van der Waals surface area contributed by atoms with Crippen molar-refractivity contribution in [3.63, 3.8) is 0 Å². The zero-order valence-electron chi connectivity index (χ0n) is 9.41. The molecule has 88 valence electrons. The van der Waals surface area contributed by atoms with Gasteiger partial charge < -0.3 is 14.8 Å². The summed E-state index contributed by atoms with van der Waals surface area (Å²) in [6.45, 7) is 1.75. The zero-order chi connectivity index (χ0) is 12.1. The normalized spacial score (nSPS) is 11.8. The molecule has 0 aliphatic heterocycles. The molecule has 1 unspecified atom stereocenters. The minimum Gasteiger partial charge on any atom is -0.494 e. The minimum absolute atomic E-state index is 0.150. The predicted octanol–water partition coefficient (Wildman–Crippen LogP) is 2.43. The molecule has 0 aromatic heterocycles. The molecular formula is C11H14BrNO3. The van der Waals surface area contributed by atoms with E-state index in [0.29, 0.717) is 17.2 Å². The molecule has 1 rings (SSSR count). The Morgan fingerprint density at radius 1 is 1.31 bits per heavy atom. The molecule has 0 heterocycles. The number of para-hydroxylation sites is 1. The summed E-state index contributed by atoms with van der Waals surface area (Å²) in [5, 5.41) is 2.74. The number of nitrogens with one attached hydrogen (secondary N) is 1. The molecule has 16 heavy (non-hydrogen) atoms. The Hall–Kier alpha value is -1.23. The summed E-state index contributed by atoms with van der Waals surface area (Å²) in [6, 6.07) is 5.32. The Bertz CT molecular complexity index is 357. The number of ether oxygens (including phenoxy) is 2. The average molecular weight is 288 g/mol. The number of halogens is 1. The van der Waals surface area contributed by atoms with Gasteiger partial charge in [0.15, 0.2) is 0 Å². The first-order chi connectivity index (χ1) is 7.60. The Balaban J connectivity index is 3.04. The van der Waals surface area contributed by atoms with E-state index < -0.39 is 0 Å². The van der Waals surface area contributed by atoms with Crippen molar-refractivity contribution in [2.75, 3.05) is 19.5 Å². The minimum atomic E-state index is -0.276. The van der Waals surface area contributed by atoms with Crippen molar-refractivity contribution in [2.24, 2.45) is 0 Å². The van der Waals surface area contributed by atoms with Crippen molar-refractivity contribution >= 4 is 27.5 Å². The largest absolute Gasteiger partial charge is 0.494 e. The molecule has 1 aromatic carbocycles. The first kappa shape index (κ1) is 12.8. The van der Waals surface area contributed by atoms with Crippen LogP contribution >= 0.6 is 15.9 Å². The second kappa shape index (κ2) is 5.75. The van der Waals surface area contributed by atoms with Crippen molar-refractivity contribution in [1.82, 2.24) is 0 Å². The SMILES string of the molecule is COc1cccc(OC)c1NC(=O)C(C)Br. The first-order valence-electron chi connectivity index (χ1n) is 4.76. The van der Waals surface area contributed by atoms with Gasteiger partial charge in [-0.05, 0) is 19.1 Å². The summed E-state index contributed by atoms with van der Waals surface area (Å²) in [5.74, 6) is 0.990. The van der Waals surface area contributed by atoms with Crippen LogP contribution in [0, 0.1) is 0 Å². The van der Waals surface area contributed by atoms with Crippen LogP contribution in [0.1, 0.15) is 6.92 Å². The van der Waals surface area contributed by atoms with E-state index >= 15 is 0 Å². The highest BCUT2D eigenvalue weighted by atomic mass is 79.9. The smallest absolute Gasteiger partial charge is 0.238 e. The second-order valence-electron chi connectivity index (χ2n) is 3.14. The van der Waals surface area contributed by atoms with Crippen LogP contribution in [0.3, 0.4) is 0 Å². The van der Waals surface area contributed by atoms with Gasteiger partial charge in [-0.2, -0.15) is 0 Å². The van der Waals surface area contributed by atoms with E-state index in [-0.39, 0.29) is 10.7 Å². The van der Waals surface area contributed by atoms with Crippen molar-refractivity contribution < 1.29 is 14.3 Å². The van der Waals surface area contributed by atoms with Crippen LogP contribution in [0.25, 0.3) is 0 Å². The lowest BCUT2D eigenvalue weighted by Crippen LogP contribution is -2.20. The highest BCUT2D eigenvalue weighted by Gasteiger charge is 2.15. The third kappa shape index (κ3) is 2.88. The van der Waals surface area contributed by atoms with Crippen molar-refractivity contribution in [3.8, 4) is 11.5 Å². The van der Waals surface area contributed by atoms with Crippen LogP contribution in [0.4, 0.5) is 5.69 Å². The number of hydrogen-bond donors (Lipinski definition) is 1. The number of benzene rings is 1. The maximum absolute atomic E-state index is 11.6. The van der Waals surface area contributed by atoms with Crippen LogP contribution < -0.4 is 14.8 Å². The van der Waals surface area contributed by atoms with Crippen LogP contribution in [0.2, 0.25) is 0 Å². The molecule has 1 N–H and O–H groups in total. The lowest BCUT2D eigenvalue weighted by Gasteiger charge is -2.14. The molecule has 4 nitrogen and oxygen atoms in total. The van der Waals surface area contributed by atoms with Crippen LogP contribution in [-0.2, 0) is 4.79 Å². The van der Waals surface area contributed by atoms with E-state index in [0.717, 1.165) is 0 Å². The van der Waals surface area contributed by atoms with Gasteiger partial charge >= 0.3 is 0 Å². The van der Waals surface area contributed by atoms with Gasteiger partial charge in [0.25, 0.3) is 0 Å². The molecule has 1 aromatic rings. The Morgan fingerprint density at radius 2 is 1.81 bits per heavy atom. The van der Waals surface area contributed by atoms with Gasteiger partial charge in [0.05, 0.1) is 19.0 Å². The van der Waals surface area contributed by atoms with Crippen LogP contribution in [0.5, 0.6) is 11.5 Å². The van der Waals surface area contributed by atoms with Gasteiger partial charge in [-0.15, -0.1) is 0 Å². The fourth-order valence-electron chi connectivity index (χ4n) is 1.20. The number of methoxy groups -OCH3 is 2. The molecule has 0 fully saturated rings. The van der Waals surface area contributed by atoms with Crippen LogP contribution in [0.15, 0.2) is 18.2 Å². The summed E-state index contributed by atoms with van der Waals surface area (Å²) in [7, 11) is 3.09. The van der Waals surface area contributed by atoms with E-state index in [9.17, 15) is 4.79 Å². The zero-order valence-corrected chi connectivity index (χ0v) is 11.0. The topological polar surface area (TPSA) is 47.6 Å². The Labute approximate surface area is 103 Å². The highest BCUT2D eigenvalue weighted by molar-refractivity contribution is 9.10. The van der Waals surface area contributed by atoms with Crippen molar-refractivity contribution in [1.29, 1.82) is 0 Å². The fraction of sp³-hybridized carbons (Fsp3) is 0.364. The number of carbonyl (C=O) groups is 1. The summed E-state index contributed by atoms with van der Waals surface area (Å²) in [6.07, 6.45) is 0. The summed E-state index contributed by atoms with van der Waals surface area (Å²) in [4.78, 5) is 11.3. The highest BCUT2D eigenvalue weighted by Crippen LogP contribution is 2.34. The molecule has 5 heteroatoms. The first-order valence-corrected chi connectivity index (χ1v) is 5.67. The predicted molar refractivity (Wildman–Crippen MR) is 66.6 cm³/mol. The van der Waals surface area contributed by atoms with Gasteiger partial charge in [-0.25, -0.2) is 0 Å². The molecule has 0 saturated heterocycles. The molecule has 0 spiro atoms. The van der Waals surface area contributed by atoms with Gasteiger partial charge in [0.1, 0.15) is 17.2 Å². The molecule has 1 atom stereocenters. The van der Waals surface area contributed by atoms with Gasteiger partial charge in [-0.3, -0.25) is 4.79 Å². The third-order valence-corrected chi connectivity index (χ3v) is 2.45. The fourth-order valence-corrected chi connectivity index (χ4v) is 1.31. The lowest BCUT2D eigenvalue weighted by atomic mass is 10.2. The van der Waals surface area contributed by atoms with E-state index in [1.165, 1.54) is 0 Å². The summed E-state index contributed by atoms with van der Waals surface area (Å²) < 4.78 is 10.3. The number of rotatable bonds is 4. The summed E-state index contributed by atoms with van der Waals surface area (Å²) in [5.41, 5.74) is 0.545. The van der Waals surface area contributed by atoms with E-state index in [1.807, 2.05) is 0 Å². The molecule has 0 aliphatic rings. The Kier molecular flexibility index (Phi) is 4.61. The number of alkyl halides is 1. The molecule has 0 radical (unpaired) electrons. The van der Waals surface area contributed by atoms with E-state index in [4.69, 9.17) is 9.47 Å². The molecule has 1 amide bonds. The number of carbonyl (C=O) groups excluding carboxylic acids is 1. The van der Waals surface area contributed by atoms with Crippen molar-refractivity contribution in [2.45, 2.75) is 11.8 Å². The Morgan fingerprint density at radius 3 is 2.19 bits per heavy atom. The van der Waals surface area contributed by atoms with Crippen molar-refractivity contribution in [3.05, 3.63) is 18.2 Å². The maximum Gasteiger partial charge on any atom is 0.238 e. The van der Waals surface area contributed by atoms with Gasteiger partial charge in [0, 0.05) is 0 Å². The number of anilines is 1. The quantitative estimate of drug-likeness (QED) is 0.866. The number of amides is 1. The third-order valence-electron chi connectivity index (χ3n) is 2.04. The van der Waals surface area contributed by atoms with Gasteiger partial charge in [-0.1, -0.05) is 22.0 Å². The maximum atomic E-state index is 11.6. The second-order valence-corrected chi connectivity index (χ2v) is 4.52. The standard InChI is InChI=1S/C11H14BrNO3/c1-7(12)11(14)13-10-8(15-2)5-4-6-9(10)16-3/h4-7H,1-3H3,(H,13,14). The van der Waals surface area contributed by atoms with Gasteiger partial charge in [0.2, 0.25) is 5.91 Å². The summed E-state index contributed by atoms with van der Waals surface area (Å²) >= 11 is 3.20. The molecule has 0 bridgehead atoms. The molecule has 0 saturated carbocycles.